The van der Waals surface area contributed by atoms with Gasteiger partial charge in [-0.3, -0.25) is 9.69 Å². The van der Waals surface area contributed by atoms with Crippen LogP contribution in [0.25, 0.3) is 0 Å². The van der Waals surface area contributed by atoms with Gasteiger partial charge < -0.3 is 10.6 Å². The Morgan fingerprint density at radius 3 is 2.65 bits per heavy atom. The van der Waals surface area contributed by atoms with Gasteiger partial charge >= 0.3 is 6.03 Å². The number of nitrogens with zero attached hydrogens (tertiary/aromatic N) is 1. The van der Waals surface area contributed by atoms with Crippen molar-refractivity contribution in [3.8, 4) is 0 Å². The quantitative estimate of drug-likeness (QED) is 0.789. The smallest absolute Gasteiger partial charge is 0.324 e. The van der Waals surface area contributed by atoms with E-state index in [4.69, 9.17) is 0 Å². The van der Waals surface area contributed by atoms with Gasteiger partial charge in [-0.15, -0.1) is 0 Å². The first-order chi connectivity index (χ1) is 11.2. The predicted octanol–water partition coefficient (Wildman–Crippen LogP) is 1.93. The van der Waals surface area contributed by atoms with Gasteiger partial charge in [0.05, 0.1) is 6.54 Å². The number of carbonyl (C=O) groups is 2. The average Bonchev–Trinajstić information content (AvgIpc) is 2.89. The number of benzene rings is 1. The van der Waals surface area contributed by atoms with E-state index in [1.165, 1.54) is 36.1 Å². The summed E-state index contributed by atoms with van der Waals surface area (Å²) in [5, 5.41) is 6.14. The van der Waals surface area contributed by atoms with Crippen molar-refractivity contribution in [3.05, 3.63) is 35.9 Å². The molecule has 0 aromatic heterocycles. The Balaban J connectivity index is 1.50. The number of imide groups is 1. The minimum atomic E-state index is -0.263. The molecule has 1 aromatic rings. The minimum absolute atomic E-state index is 0.124. The number of urea groups is 1. The summed E-state index contributed by atoms with van der Waals surface area (Å²) in [7, 11) is 0. The highest BCUT2D eigenvalue weighted by Gasteiger charge is 2.29. The van der Waals surface area contributed by atoms with Crippen LogP contribution in [-0.4, -0.2) is 42.5 Å². The Hall–Kier alpha value is -1.88. The van der Waals surface area contributed by atoms with Crippen molar-refractivity contribution in [2.45, 2.75) is 38.1 Å². The van der Waals surface area contributed by atoms with E-state index in [1.807, 2.05) is 0 Å². The van der Waals surface area contributed by atoms with Crippen LogP contribution in [0.2, 0.25) is 0 Å². The Morgan fingerprint density at radius 1 is 1.13 bits per heavy atom. The summed E-state index contributed by atoms with van der Waals surface area (Å²) in [6.07, 6.45) is 6.07. The molecule has 2 fully saturated rings. The van der Waals surface area contributed by atoms with Crippen molar-refractivity contribution in [1.29, 1.82) is 0 Å². The second kappa shape index (κ2) is 7.59. The van der Waals surface area contributed by atoms with E-state index < -0.39 is 0 Å². The molecule has 1 saturated heterocycles. The van der Waals surface area contributed by atoms with E-state index in [9.17, 15) is 9.59 Å². The number of amides is 3. The van der Waals surface area contributed by atoms with Crippen LogP contribution in [0.3, 0.4) is 0 Å². The summed E-state index contributed by atoms with van der Waals surface area (Å²) in [5.74, 6) is 0.510. The third-order valence-corrected chi connectivity index (χ3v) is 4.93. The Kier molecular flexibility index (Phi) is 5.28. The van der Waals surface area contributed by atoms with Gasteiger partial charge in [0.1, 0.15) is 0 Å². The lowest BCUT2D eigenvalue weighted by Crippen LogP contribution is -2.44. The average molecular weight is 315 g/mol. The molecule has 23 heavy (non-hydrogen) atoms. The van der Waals surface area contributed by atoms with Gasteiger partial charge in [0.15, 0.2) is 0 Å². The number of hydrogen-bond acceptors (Lipinski definition) is 3. The van der Waals surface area contributed by atoms with E-state index in [-0.39, 0.29) is 18.5 Å². The molecule has 0 radical (unpaired) electrons. The van der Waals surface area contributed by atoms with Crippen LogP contribution in [0.4, 0.5) is 4.79 Å². The molecule has 1 saturated carbocycles. The molecule has 0 bridgehead atoms. The van der Waals surface area contributed by atoms with Gasteiger partial charge in [-0.1, -0.05) is 43.2 Å². The number of rotatable bonds is 6. The fourth-order valence-corrected chi connectivity index (χ4v) is 3.68. The second-order valence-corrected chi connectivity index (χ2v) is 6.50. The van der Waals surface area contributed by atoms with Gasteiger partial charge in [0.2, 0.25) is 5.91 Å². The van der Waals surface area contributed by atoms with Crippen LogP contribution >= 0.6 is 0 Å². The molecule has 0 spiro atoms. The molecular weight excluding hydrogens is 290 g/mol. The first kappa shape index (κ1) is 16.0. The zero-order valence-corrected chi connectivity index (χ0v) is 13.5. The maximum absolute atomic E-state index is 11.6. The molecule has 2 aliphatic rings. The van der Waals surface area contributed by atoms with E-state index in [2.05, 4.69) is 41.0 Å². The van der Waals surface area contributed by atoms with Gasteiger partial charge in [0, 0.05) is 19.1 Å². The van der Waals surface area contributed by atoms with Crippen LogP contribution in [0.15, 0.2) is 30.3 Å². The molecule has 124 valence electrons. The first-order valence-electron chi connectivity index (χ1n) is 8.59. The number of carbonyl (C=O) groups excluding carboxylic acids is 2. The van der Waals surface area contributed by atoms with Crippen LogP contribution in [0.1, 0.15) is 31.2 Å². The molecule has 2 atom stereocenters. The Labute approximate surface area is 137 Å². The fourth-order valence-electron chi connectivity index (χ4n) is 3.68. The molecule has 3 rings (SSSR count). The summed E-state index contributed by atoms with van der Waals surface area (Å²) in [5.41, 5.74) is 1.39. The molecule has 1 aliphatic carbocycles. The van der Waals surface area contributed by atoms with Crippen molar-refractivity contribution < 1.29 is 9.59 Å². The second-order valence-electron chi connectivity index (χ2n) is 6.50. The fraction of sp³-hybridized carbons (Fsp3) is 0.556. The lowest BCUT2D eigenvalue weighted by Gasteiger charge is -2.33. The van der Waals surface area contributed by atoms with Gasteiger partial charge in [-0.2, -0.15) is 0 Å². The molecule has 1 aromatic carbocycles. The standard InChI is InChI=1S/C18H25N3O2/c22-17-13-20-18(23)21(17)11-10-19-16-9-5-4-8-15(16)12-14-6-2-1-3-7-14/h1-3,6-7,15-16,19H,4-5,8-13H2,(H,20,23)/t15-,16-/m1/s1. The molecule has 3 amide bonds. The van der Waals surface area contributed by atoms with E-state index >= 15 is 0 Å². The van der Waals surface area contributed by atoms with Crippen LogP contribution in [0.5, 0.6) is 0 Å². The van der Waals surface area contributed by atoms with Gasteiger partial charge in [0.25, 0.3) is 0 Å². The highest BCUT2D eigenvalue weighted by atomic mass is 16.2. The molecule has 1 aliphatic heterocycles. The predicted molar refractivity (Wildman–Crippen MR) is 89.0 cm³/mol. The SMILES string of the molecule is O=C1CNC(=O)N1CCN[C@@H]1CCCC[C@@H]1Cc1ccccc1. The van der Waals surface area contributed by atoms with E-state index in [1.54, 1.807) is 0 Å². The first-order valence-corrected chi connectivity index (χ1v) is 8.59. The van der Waals surface area contributed by atoms with Crippen LogP contribution in [-0.2, 0) is 11.2 Å². The minimum Gasteiger partial charge on any atom is -0.329 e. The number of hydrogen-bond donors (Lipinski definition) is 2. The third kappa shape index (κ3) is 4.10. The lowest BCUT2D eigenvalue weighted by molar-refractivity contribution is -0.124. The normalized spacial score (nSPS) is 24.8. The third-order valence-electron chi connectivity index (χ3n) is 4.93. The van der Waals surface area contributed by atoms with Crippen molar-refractivity contribution in [1.82, 2.24) is 15.5 Å². The molecule has 1 heterocycles. The molecule has 5 heteroatoms. The highest BCUT2D eigenvalue weighted by Crippen LogP contribution is 2.27. The maximum Gasteiger partial charge on any atom is 0.324 e. The van der Waals surface area contributed by atoms with E-state index in [0.717, 1.165) is 6.42 Å². The zero-order chi connectivity index (χ0) is 16.1. The number of nitrogens with one attached hydrogen (secondary N) is 2. The van der Waals surface area contributed by atoms with Crippen molar-refractivity contribution >= 4 is 11.9 Å². The Morgan fingerprint density at radius 2 is 1.91 bits per heavy atom. The largest absolute Gasteiger partial charge is 0.329 e. The summed E-state index contributed by atoms with van der Waals surface area (Å²) in [6, 6.07) is 10.8. The lowest BCUT2D eigenvalue weighted by atomic mass is 9.80. The van der Waals surface area contributed by atoms with Crippen molar-refractivity contribution in [2.75, 3.05) is 19.6 Å². The zero-order valence-electron chi connectivity index (χ0n) is 13.5. The molecule has 5 nitrogen and oxygen atoms in total. The molecule has 2 N–H and O–H groups in total. The van der Waals surface area contributed by atoms with Crippen LogP contribution < -0.4 is 10.6 Å². The molecular formula is C18H25N3O2. The monoisotopic (exact) mass is 315 g/mol. The van der Waals surface area contributed by atoms with E-state index in [0.29, 0.717) is 25.0 Å². The topological polar surface area (TPSA) is 61.4 Å². The Bertz CT molecular complexity index is 530. The summed E-state index contributed by atoms with van der Waals surface area (Å²) >= 11 is 0. The summed E-state index contributed by atoms with van der Waals surface area (Å²) in [4.78, 5) is 24.4. The molecule has 0 unspecified atom stereocenters. The summed E-state index contributed by atoms with van der Waals surface area (Å²) < 4.78 is 0. The van der Waals surface area contributed by atoms with Crippen molar-refractivity contribution in [3.63, 3.8) is 0 Å². The van der Waals surface area contributed by atoms with Gasteiger partial charge in [-0.25, -0.2) is 4.79 Å². The highest BCUT2D eigenvalue weighted by molar-refractivity contribution is 6.01. The van der Waals surface area contributed by atoms with Gasteiger partial charge in [-0.05, 0) is 30.7 Å². The van der Waals surface area contributed by atoms with Crippen molar-refractivity contribution in [2.24, 2.45) is 5.92 Å². The maximum atomic E-state index is 11.6. The van der Waals surface area contributed by atoms with Crippen LogP contribution in [0, 0.1) is 5.92 Å². The summed E-state index contributed by atoms with van der Waals surface area (Å²) in [6.45, 7) is 1.27.